The lowest BCUT2D eigenvalue weighted by Gasteiger charge is -2.27. The second kappa shape index (κ2) is 9.30. The van der Waals surface area contributed by atoms with E-state index in [1.54, 1.807) is 60.8 Å². The van der Waals surface area contributed by atoms with E-state index in [4.69, 9.17) is 4.74 Å². The number of phenolic OH excluding ortho intramolecular Hbond substituents is 1. The third-order valence-electron chi connectivity index (χ3n) is 5.27. The van der Waals surface area contributed by atoms with E-state index in [1.807, 2.05) is 0 Å². The largest absolute Gasteiger partial charge is 0.508 e. The first-order valence-electron chi connectivity index (χ1n) is 10.3. The predicted molar refractivity (Wildman–Crippen MR) is 123 cm³/mol. The number of hydrogen-bond donors (Lipinski definition) is 2. The molecule has 2 N–H and O–H groups in total. The van der Waals surface area contributed by atoms with E-state index in [9.17, 15) is 24.6 Å². The van der Waals surface area contributed by atoms with Crippen molar-refractivity contribution in [3.05, 3.63) is 93.4 Å². The van der Waals surface area contributed by atoms with Crippen LogP contribution >= 0.6 is 11.3 Å². The third kappa shape index (κ3) is 4.38. The minimum absolute atomic E-state index is 0.0243. The van der Waals surface area contributed by atoms with Gasteiger partial charge in [-0.1, -0.05) is 30.3 Å². The summed E-state index contributed by atoms with van der Waals surface area (Å²) in [4.78, 5) is 39.9. The van der Waals surface area contributed by atoms with Gasteiger partial charge in [-0.15, -0.1) is 11.3 Å². The van der Waals surface area contributed by atoms with E-state index in [1.165, 1.54) is 28.4 Å². The van der Waals surface area contributed by atoms with E-state index in [0.29, 0.717) is 28.3 Å². The summed E-state index contributed by atoms with van der Waals surface area (Å²) in [5.74, 6) is -2.06. The molecule has 2 aromatic carbocycles. The van der Waals surface area contributed by atoms with Gasteiger partial charge in [-0.05, 0) is 53.8 Å². The molecule has 4 rings (SSSR count). The Kier molecular flexibility index (Phi) is 6.28. The van der Waals surface area contributed by atoms with Crippen molar-refractivity contribution in [1.82, 2.24) is 0 Å². The van der Waals surface area contributed by atoms with Crippen molar-refractivity contribution >= 4 is 34.7 Å². The molecule has 0 spiro atoms. The monoisotopic (exact) mass is 463 g/mol. The maximum absolute atomic E-state index is 13.2. The van der Waals surface area contributed by atoms with Gasteiger partial charge < -0.3 is 14.9 Å². The highest BCUT2D eigenvalue weighted by atomic mass is 32.1. The average molecular weight is 464 g/mol. The van der Waals surface area contributed by atoms with Crippen LogP contribution in [0, 0.1) is 0 Å². The van der Waals surface area contributed by atoms with Gasteiger partial charge in [-0.3, -0.25) is 19.3 Å². The van der Waals surface area contributed by atoms with Gasteiger partial charge in [0.1, 0.15) is 5.75 Å². The molecule has 0 saturated carbocycles. The van der Waals surface area contributed by atoms with Crippen LogP contribution in [0.2, 0.25) is 0 Å². The molecule has 1 amide bonds. The van der Waals surface area contributed by atoms with Gasteiger partial charge >= 0.3 is 5.97 Å². The van der Waals surface area contributed by atoms with Gasteiger partial charge in [0.2, 0.25) is 5.78 Å². The number of phenols is 1. The molecule has 1 aliphatic heterocycles. The SMILES string of the molecule is CCOC(=O)Cc1ccc(N2C(=O)C(O)=C(C(=O)c3cccs3)C2c2ccc(O)cc2)cc1. The Morgan fingerprint density at radius 1 is 1.03 bits per heavy atom. The summed E-state index contributed by atoms with van der Waals surface area (Å²) in [5, 5.41) is 22.2. The summed E-state index contributed by atoms with van der Waals surface area (Å²) < 4.78 is 4.97. The molecular weight excluding hydrogens is 442 g/mol. The maximum atomic E-state index is 13.2. The predicted octanol–water partition coefficient (Wildman–Crippen LogP) is 4.34. The lowest BCUT2D eigenvalue weighted by Crippen LogP contribution is -2.31. The molecule has 0 aliphatic carbocycles. The number of Topliss-reactive ketones (excluding diaryl/α,β-unsaturated/α-hetero) is 1. The Morgan fingerprint density at radius 3 is 2.33 bits per heavy atom. The maximum Gasteiger partial charge on any atom is 0.310 e. The minimum Gasteiger partial charge on any atom is -0.508 e. The molecule has 8 heteroatoms. The number of hydrogen-bond acceptors (Lipinski definition) is 7. The number of esters is 1. The number of aliphatic hydroxyl groups excluding tert-OH is 1. The second-order valence-corrected chi connectivity index (χ2v) is 8.33. The zero-order valence-corrected chi connectivity index (χ0v) is 18.5. The number of thiophene rings is 1. The highest BCUT2D eigenvalue weighted by molar-refractivity contribution is 7.12. The van der Waals surface area contributed by atoms with Crippen molar-refractivity contribution in [2.75, 3.05) is 11.5 Å². The van der Waals surface area contributed by atoms with E-state index in [-0.39, 0.29) is 23.7 Å². The number of carbonyl (C=O) groups is 3. The Hall–Kier alpha value is -3.91. The topological polar surface area (TPSA) is 104 Å². The summed E-state index contributed by atoms with van der Waals surface area (Å²) in [6.07, 6.45) is 0.0923. The molecule has 1 atom stereocenters. The quantitative estimate of drug-likeness (QED) is 0.399. The fourth-order valence-corrected chi connectivity index (χ4v) is 4.45. The first kappa shape index (κ1) is 22.3. The fraction of sp³-hybridized carbons (Fsp3) is 0.160. The lowest BCUT2D eigenvalue weighted by atomic mass is 9.95. The van der Waals surface area contributed by atoms with Gasteiger partial charge in [0.05, 0.1) is 29.5 Å². The standard InChI is InChI=1S/C25H21NO6S/c1-2-32-20(28)14-15-5-9-17(10-6-15)26-22(16-7-11-18(27)12-8-16)21(24(30)25(26)31)23(29)19-4-3-13-33-19/h3-13,22,27,30H,2,14H2,1H3. The zero-order valence-electron chi connectivity index (χ0n) is 17.7. The molecule has 1 unspecified atom stereocenters. The second-order valence-electron chi connectivity index (χ2n) is 7.39. The van der Waals surface area contributed by atoms with Gasteiger partial charge in [0.25, 0.3) is 5.91 Å². The summed E-state index contributed by atoms with van der Waals surface area (Å²) in [6, 6.07) is 15.3. The van der Waals surface area contributed by atoms with Crippen molar-refractivity contribution in [2.45, 2.75) is 19.4 Å². The number of ketones is 1. The summed E-state index contributed by atoms with van der Waals surface area (Å²) >= 11 is 1.22. The van der Waals surface area contributed by atoms with Crippen LogP contribution in [-0.4, -0.2) is 34.5 Å². The number of rotatable bonds is 7. The molecule has 2 heterocycles. The van der Waals surface area contributed by atoms with Gasteiger partial charge in [-0.2, -0.15) is 0 Å². The Labute approximate surface area is 194 Å². The highest BCUT2D eigenvalue weighted by Gasteiger charge is 2.44. The molecule has 7 nitrogen and oxygen atoms in total. The molecule has 0 saturated heterocycles. The first-order chi connectivity index (χ1) is 15.9. The van der Waals surface area contributed by atoms with Crippen LogP contribution in [0.15, 0.2) is 77.4 Å². The Balaban J connectivity index is 1.74. The van der Waals surface area contributed by atoms with Crippen LogP contribution in [-0.2, 0) is 20.7 Å². The van der Waals surface area contributed by atoms with E-state index < -0.39 is 23.5 Å². The third-order valence-corrected chi connectivity index (χ3v) is 6.14. The van der Waals surface area contributed by atoms with Crippen molar-refractivity contribution in [3.8, 4) is 5.75 Å². The van der Waals surface area contributed by atoms with Crippen LogP contribution in [0.25, 0.3) is 0 Å². The summed E-state index contributed by atoms with van der Waals surface area (Å²) in [5.41, 5.74) is 1.69. The lowest BCUT2D eigenvalue weighted by molar-refractivity contribution is -0.142. The fourth-order valence-electron chi connectivity index (χ4n) is 3.77. The van der Waals surface area contributed by atoms with Crippen LogP contribution < -0.4 is 4.90 Å². The van der Waals surface area contributed by atoms with E-state index in [2.05, 4.69) is 0 Å². The molecule has 3 aromatic rings. The number of benzene rings is 2. The number of carbonyl (C=O) groups excluding carboxylic acids is 3. The zero-order chi connectivity index (χ0) is 23.5. The molecule has 1 aliphatic rings. The number of amides is 1. The van der Waals surface area contributed by atoms with Gasteiger partial charge in [0.15, 0.2) is 5.76 Å². The van der Waals surface area contributed by atoms with E-state index >= 15 is 0 Å². The van der Waals surface area contributed by atoms with Gasteiger partial charge in [-0.25, -0.2) is 0 Å². The van der Waals surface area contributed by atoms with Crippen molar-refractivity contribution < 1.29 is 29.3 Å². The minimum atomic E-state index is -0.886. The molecule has 1 aromatic heterocycles. The molecule has 0 fully saturated rings. The normalized spacial score (nSPS) is 15.7. The molecule has 0 bridgehead atoms. The highest BCUT2D eigenvalue weighted by Crippen LogP contribution is 2.42. The Bertz CT molecular complexity index is 1210. The molecule has 168 valence electrons. The van der Waals surface area contributed by atoms with Gasteiger partial charge in [0, 0.05) is 5.69 Å². The first-order valence-corrected chi connectivity index (χ1v) is 11.2. The summed E-state index contributed by atoms with van der Waals surface area (Å²) in [6.45, 7) is 2.03. The van der Waals surface area contributed by atoms with Crippen LogP contribution in [0.4, 0.5) is 5.69 Å². The number of nitrogens with zero attached hydrogens (tertiary/aromatic N) is 1. The number of aliphatic hydroxyl groups is 1. The molecule has 33 heavy (non-hydrogen) atoms. The van der Waals surface area contributed by atoms with Crippen molar-refractivity contribution in [2.24, 2.45) is 0 Å². The van der Waals surface area contributed by atoms with Crippen molar-refractivity contribution in [1.29, 1.82) is 0 Å². The van der Waals surface area contributed by atoms with Crippen LogP contribution in [0.5, 0.6) is 5.75 Å². The number of ether oxygens (including phenoxy) is 1. The number of anilines is 1. The Morgan fingerprint density at radius 2 is 1.73 bits per heavy atom. The number of aromatic hydroxyl groups is 1. The van der Waals surface area contributed by atoms with E-state index in [0.717, 1.165) is 0 Å². The molecule has 0 radical (unpaired) electrons. The van der Waals surface area contributed by atoms with Crippen molar-refractivity contribution in [3.63, 3.8) is 0 Å². The molecular formula is C25H21NO6S. The van der Waals surface area contributed by atoms with Crippen LogP contribution in [0.3, 0.4) is 0 Å². The average Bonchev–Trinajstić information content (AvgIpc) is 3.42. The smallest absolute Gasteiger partial charge is 0.310 e. The summed E-state index contributed by atoms with van der Waals surface area (Å²) in [7, 11) is 0. The van der Waals surface area contributed by atoms with Crippen LogP contribution in [0.1, 0.15) is 33.8 Å².